The first-order valence-corrected chi connectivity index (χ1v) is 9.78. The van der Waals surface area contributed by atoms with Gasteiger partial charge in [-0.15, -0.1) is 0 Å². The highest BCUT2D eigenvalue weighted by molar-refractivity contribution is 5.86. The van der Waals surface area contributed by atoms with Crippen molar-refractivity contribution in [1.29, 1.82) is 0 Å². The van der Waals surface area contributed by atoms with E-state index in [0.717, 1.165) is 48.6 Å². The molecule has 0 aromatic heterocycles. The number of carbonyl (C=O) groups excluding carboxylic acids is 1. The zero-order chi connectivity index (χ0) is 20.1. The number of hydrogen-bond acceptors (Lipinski definition) is 4. The fraction of sp³-hybridized carbons (Fsp3) is 0.208. The molecule has 4 rings (SSSR count). The van der Waals surface area contributed by atoms with Gasteiger partial charge in [-0.05, 0) is 34.4 Å². The number of hydroxylamine groups is 1. The smallest absolute Gasteiger partial charge is 0.255 e. The van der Waals surface area contributed by atoms with Gasteiger partial charge in [0.15, 0.2) is 0 Å². The van der Waals surface area contributed by atoms with Crippen LogP contribution in [0, 0.1) is 0 Å². The molecule has 1 unspecified atom stereocenters. The standard InChI is InChI=1S/C24H24N2O3/c27-24(25-28)23(19-5-2-1-3-6-19)21-8-4-7-20(17-21)18-9-11-22(12-10-18)26-13-15-29-16-14-26/h1-12,17,23,28H,13-16H2,(H,25,27). The van der Waals surface area contributed by atoms with Crippen molar-refractivity contribution in [2.24, 2.45) is 0 Å². The predicted octanol–water partition coefficient (Wildman–Crippen LogP) is 3.83. The Morgan fingerprint density at radius 2 is 1.55 bits per heavy atom. The number of hydrogen-bond donors (Lipinski definition) is 2. The molecule has 0 radical (unpaired) electrons. The second kappa shape index (κ2) is 8.90. The summed E-state index contributed by atoms with van der Waals surface area (Å²) in [5.41, 5.74) is 6.78. The number of morpholine rings is 1. The Balaban J connectivity index is 1.63. The van der Waals surface area contributed by atoms with Gasteiger partial charge in [0.2, 0.25) is 0 Å². The Morgan fingerprint density at radius 1 is 0.862 bits per heavy atom. The minimum absolute atomic E-state index is 0.448. The van der Waals surface area contributed by atoms with E-state index < -0.39 is 11.8 Å². The highest BCUT2D eigenvalue weighted by atomic mass is 16.5. The van der Waals surface area contributed by atoms with Crippen LogP contribution in [0.1, 0.15) is 17.0 Å². The summed E-state index contributed by atoms with van der Waals surface area (Å²) in [6.45, 7) is 3.34. The summed E-state index contributed by atoms with van der Waals surface area (Å²) in [6.07, 6.45) is 0. The Kier molecular flexibility index (Phi) is 5.89. The summed E-state index contributed by atoms with van der Waals surface area (Å²) in [4.78, 5) is 14.7. The minimum Gasteiger partial charge on any atom is -0.378 e. The highest BCUT2D eigenvalue weighted by Gasteiger charge is 2.22. The Labute approximate surface area is 170 Å². The first kappa shape index (κ1) is 19.2. The van der Waals surface area contributed by atoms with E-state index in [9.17, 15) is 10.0 Å². The minimum atomic E-state index is -0.575. The van der Waals surface area contributed by atoms with Gasteiger partial charge in [-0.3, -0.25) is 10.0 Å². The lowest BCUT2D eigenvalue weighted by atomic mass is 9.89. The van der Waals surface area contributed by atoms with Gasteiger partial charge in [-0.1, -0.05) is 66.7 Å². The average Bonchev–Trinajstić information content (AvgIpc) is 2.81. The Bertz CT molecular complexity index is 951. The molecule has 1 fully saturated rings. The second-order valence-corrected chi connectivity index (χ2v) is 7.09. The molecule has 1 atom stereocenters. The normalized spacial score (nSPS) is 15.0. The van der Waals surface area contributed by atoms with Gasteiger partial charge >= 0.3 is 0 Å². The number of nitrogens with one attached hydrogen (secondary N) is 1. The van der Waals surface area contributed by atoms with Crippen molar-refractivity contribution in [1.82, 2.24) is 5.48 Å². The number of rotatable bonds is 5. The van der Waals surface area contributed by atoms with Gasteiger partial charge < -0.3 is 9.64 Å². The lowest BCUT2D eigenvalue weighted by molar-refractivity contribution is -0.129. The molecule has 2 N–H and O–H groups in total. The van der Waals surface area contributed by atoms with Crippen molar-refractivity contribution < 1.29 is 14.7 Å². The number of anilines is 1. The maximum atomic E-state index is 12.4. The van der Waals surface area contributed by atoms with Crippen LogP contribution in [0.2, 0.25) is 0 Å². The molecule has 0 aliphatic carbocycles. The molecule has 5 heteroatoms. The third-order valence-corrected chi connectivity index (χ3v) is 5.30. The first-order valence-electron chi connectivity index (χ1n) is 9.78. The fourth-order valence-corrected chi connectivity index (χ4v) is 3.79. The highest BCUT2D eigenvalue weighted by Crippen LogP contribution is 2.30. The molecule has 1 aliphatic heterocycles. The third-order valence-electron chi connectivity index (χ3n) is 5.30. The molecular formula is C24H24N2O3. The van der Waals surface area contributed by atoms with Gasteiger partial charge in [0.25, 0.3) is 5.91 Å². The van der Waals surface area contributed by atoms with Crippen LogP contribution < -0.4 is 10.4 Å². The summed E-state index contributed by atoms with van der Waals surface area (Å²) in [7, 11) is 0. The first-order chi connectivity index (χ1) is 14.3. The molecule has 0 bridgehead atoms. The zero-order valence-corrected chi connectivity index (χ0v) is 16.1. The van der Waals surface area contributed by atoms with E-state index >= 15 is 0 Å². The van der Waals surface area contributed by atoms with Crippen molar-refractivity contribution in [2.75, 3.05) is 31.2 Å². The van der Waals surface area contributed by atoms with Gasteiger partial charge in [-0.25, -0.2) is 5.48 Å². The lowest BCUT2D eigenvalue weighted by Gasteiger charge is -2.29. The van der Waals surface area contributed by atoms with Gasteiger partial charge in [0, 0.05) is 18.8 Å². The van der Waals surface area contributed by atoms with Gasteiger partial charge in [0.1, 0.15) is 0 Å². The van der Waals surface area contributed by atoms with E-state index in [4.69, 9.17) is 4.74 Å². The summed E-state index contributed by atoms with van der Waals surface area (Å²) in [5, 5.41) is 9.26. The molecule has 1 heterocycles. The maximum absolute atomic E-state index is 12.4. The maximum Gasteiger partial charge on any atom is 0.255 e. The van der Waals surface area contributed by atoms with Crippen molar-refractivity contribution in [3.8, 4) is 11.1 Å². The van der Waals surface area contributed by atoms with Crippen LogP contribution >= 0.6 is 0 Å². The van der Waals surface area contributed by atoms with Gasteiger partial charge in [-0.2, -0.15) is 0 Å². The molecule has 5 nitrogen and oxygen atoms in total. The van der Waals surface area contributed by atoms with Crippen LogP contribution in [0.5, 0.6) is 0 Å². The van der Waals surface area contributed by atoms with Crippen molar-refractivity contribution in [3.63, 3.8) is 0 Å². The topological polar surface area (TPSA) is 61.8 Å². The number of nitrogens with zero attached hydrogens (tertiary/aromatic N) is 1. The van der Waals surface area contributed by atoms with E-state index in [-0.39, 0.29) is 0 Å². The number of amides is 1. The van der Waals surface area contributed by atoms with Crippen LogP contribution in [0.4, 0.5) is 5.69 Å². The van der Waals surface area contributed by atoms with Crippen molar-refractivity contribution >= 4 is 11.6 Å². The molecule has 0 spiro atoms. The molecule has 1 amide bonds. The molecule has 3 aromatic rings. The van der Waals surface area contributed by atoms with E-state index in [1.807, 2.05) is 60.1 Å². The SMILES string of the molecule is O=C(NO)C(c1ccccc1)c1cccc(-c2ccc(N3CCOCC3)cc2)c1. The molecule has 148 valence electrons. The van der Waals surface area contributed by atoms with Crippen molar-refractivity contribution in [3.05, 3.63) is 90.0 Å². The molecule has 1 saturated heterocycles. The zero-order valence-electron chi connectivity index (χ0n) is 16.1. The average molecular weight is 388 g/mol. The van der Waals surface area contributed by atoms with Crippen LogP contribution in [-0.4, -0.2) is 37.4 Å². The Hall–Kier alpha value is -3.15. The summed E-state index contributed by atoms with van der Waals surface area (Å²) in [6, 6.07) is 25.8. The molecular weight excluding hydrogens is 364 g/mol. The summed E-state index contributed by atoms with van der Waals surface area (Å²) in [5.74, 6) is -1.02. The second-order valence-electron chi connectivity index (χ2n) is 7.09. The van der Waals surface area contributed by atoms with Crippen LogP contribution in [0.25, 0.3) is 11.1 Å². The van der Waals surface area contributed by atoms with E-state index in [0.29, 0.717) is 0 Å². The third kappa shape index (κ3) is 4.31. The van der Waals surface area contributed by atoms with Gasteiger partial charge in [0.05, 0.1) is 19.1 Å². The molecule has 0 saturated carbocycles. The number of carbonyl (C=O) groups is 1. The Morgan fingerprint density at radius 3 is 2.24 bits per heavy atom. The van der Waals surface area contributed by atoms with Crippen molar-refractivity contribution in [2.45, 2.75) is 5.92 Å². The number of ether oxygens (including phenoxy) is 1. The van der Waals surface area contributed by atoms with E-state index in [1.165, 1.54) is 5.69 Å². The number of benzene rings is 3. The molecule has 3 aromatic carbocycles. The summed E-state index contributed by atoms with van der Waals surface area (Å²) >= 11 is 0. The van der Waals surface area contributed by atoms with E-state index in [2.05, 4.69) is 29.2 Å². The molecule has 1 aliphatic rings. The predicted molar refractivity (Wildman–Crippen MR) is 113 cm³/mol. The van der Waals surface area contributed by atoms with Crippen LogP contribution in [0.15, 0.2) is 78.9 Å². The lowest BCUT2D eigenvalue weighted by Crippen LogP contribution is -2.36. The van der Waals surface area contributed by atoms with Crippen LogP contribution in [0.3, 0.4) is 0 Å². The fourth-order valence-electron chi connectivity index (χ4n) is 3.79. The quantitative estimate of drug-likeness (QED) is 0.515. The molecule has 29 heavy (non-hydrogen) atoms. The van der Waals surface area contributed by atoms with E-state index in [1.54, 1.807) is 0 Å². The monoisotopic (exact) mass is 388 g/mol. The summed E-state index contributed by atoms with van der Waals surface area (Å²) < 4.78 is 5.42. The largest absolute Gasteiger partial charge is 0.378 e. The van der Waals surface area contributed by atoms with Crippen LogP contribution in [-0.2, 0) is 9.53 Å².